The van der Waals surface area contributed by atoms with Crippen molar-refractivity contribution in [2.24, 2.45) is 29.6 Å². The molecule has 0 unspecified atom stereocenters. The van der Waals surface area contributed by atoms with E-state index in [-0.39, 0.29) is 11.9 Å². The van der Waals surface area contributed by atoms with Crippen LogP contribution in [0, 0.1) is 29.6 Å². The van der Waals surface area contributed by atoms with Gasteiger partial charge in [0, 0.05) is 32.5 Å². The number of amides is 2. The molecule has 4 nitrogen and oxygen atoms in total. The Kier molecular flexibility index (Phi) is 6.93. The Balaban J connectivity index is 1.97. The molecule has 2 amide bonds. The van der Waals surface area contributed by atoms with Crippen LogP contribution in [0.5, 0.6) is 0 Å². The van der Waals surface area contributed by atoms with Gasteiger partial charge < -0.3 is 9.80 Å². The summed E-state index contributed by atoms with van der Waals surface area (Å²) in [5, 5.41) is 0. The van der Waals surface area contributed by atoms with Crippen molar-refractivity contribution in [1.82, 2.24) is 9.80 Å². The number of hydrogen-bond acceptors (Lipinski definition) is 2. The van der Waals surface area contributed by atoms with Crippen molar-refractivity contribution in [1.29, 1.82) is 0 Å². The molecule has 2 rings (SSSR count). The Hall–Kier alpha value is -1.06. The molecule has 4 heteroatoms. The lowest BCUT2D eigenvalue weighted by molar-refractivity contribution is -0.137. The zero-order valence-electron chi connectivity index (χ0n) is 17.1. The van der Waals surface area contributed by atoms with Gasteiger partial charge in [0.1, 0.15) is 0 Å². The highest BCUT2D eigenvalue weighted by atomic mass is 16.2. The van der Waals surface area contributed by atoms with Crippen molar-refractivity contribution < 1.29 is 9.59 Å². The highest BCUT2D eigenvalue weighted by Crippen LogP contribution is 2.32. The van der Waals surface area contributed by atoms with Crippen LogP contribution in [0.2, 0.25) is 0 Å². The van der Waals surface area contributed by atoms with Gasteiger partial charge in [-0.1, -0.05) is 41.5 Å². The van der Waals surface area contributed by atoms with Gasteiger partial charge in [0.2, 0.25) is 11.8 Å². The summed E-state index contributed by atoms with van der Waals surface area (Å²) in [5.41, 5.74) is 0. The summed E-state index contributed by atoms with van der Waals surface area (Å²) >= 11 is 0. The molecule has 25 heavy (non-hydrogen) atoms. The molecule has 2 saturated heterocycles. The predicted molar refractivity (Wildman–Crippen MR) is 102 cm³/mol. The SMILES string of the molecule is CC(C)[C@H](C)CC(=O)N1C[C@@H]2CCCN(C(=O)C[C@H](C)C(C)C)[C@@H]2C1. The van der Waals surface area contributed by atoms with E-state index in [1.165, 1.54) is 0 Å². The second-order valence-electron chi connectivity index (χ2n) is 9.21. The maximum atomic E-state index is 12.8. The lowest BCUT2D eigenvalue weighted by atomic mass is 9.89. The lowest BCUT2D eigenvalue weighted by Crippen LogP contribution is -2.49. The van der Waals surface area contributed by atoms with Crippen LogP contribution in [0.3, 0.4) is 0 Å². The minimum absolute atomic E-state index is 0.249. The molecule has 0 aromatic carbocycles. The van der Waals surface area contributed by atoms with Crippen molar-refractivity contribution in [3.05, 3.63) is 0 Å². The van der Waals surface area contributed by atoms with E-state index in [1.54, 1.807) is 0 Å². The summed E-state index contributed by atoms with van der Waals surface area (Å²) in [4.78, 5) is 29.6. The van der Waals surface area contributed by atoms with E-state index >= 15 is 0 Å². The minimum Gasteiger partial charge on any atom is -0.340 e. The summed E-state index contributed by atoms with van der Waals surface area (Å²) in [6.45, 7) is 15.5. The van der Waals surface area contributed by atoms with E-state index in [0.29, 0.717) is 48.3 Å². The smallest absolute Gasteiger partial charge is 0.223 e. The Labute approximate surface area is 154 Å². The molecular formula is C21H38N2O2. The predicted octanol–water partition coefficient (Wildman–Crippen LogP) is 3.80. The molecular weight excluding hydrogens is 312 g/mol. The molecule has 0 bridgehead atoms. The van der Waals surface area contributed by atoms with Gasteiger partial charge in [0.15, 0.2) is 0 Å². The van der Waals surface area contributed by atoms with Crippen LogP contribution in [-0.4, -0.2) is 47.3 Å². The Bertz CT molecular complexity index is 475. The first kappa shape index (κ1) is 20.3. The number of hydrogen-bond donors (Lipinski definition) is 0. The summed E-state index contributed by atoms with van der Waals surface area (Å²) in [5.74, 6) is 2.94. The van der Waals surface area contributed by atoms with Gasteiger partial charge in [-0.3, -0.25) is 9.59 Å². The normalized spacial score (nSPS) is 26.1. The van der Waals surface area contributed by atoms with Crippen LogP contribution in [0.15, 0.2) is 0 Å². The van der Waals surface area contributed by atoms with Crippen LogP contribution >= 0.6 is 0 Å². The summed E-state index contributed by atoms with van der Waals surface area (Å²) in [6.07, 6.45) is 3.50. The first-order valence-electron chi connectivity index (χ1n) is 10.3. The molecule has 144 valence electrons. The van der Waals surface area contributed by atoms with Crippen LogP contribution in [0.4, 0.5) is 0 Å². The molecule has 2 aliphatic rings. The number of rotatable bonds is 6. The molecule has 4 atom stereocenters. The number of piperidine rings is 1. The highest BCUT2D eigenvalue weighted by Gasteiger charge is 2.42. The molecule has 2 aliphatic heterocycles. The second-order valence-corrected chi connectivity index (χ2v) is 9.21. The van der Waals surface area contributed by atoms with Crippen molar-refractivity contribution in [2.45, 2.75) is 73.3 Å². The molecule has 0 radical (unpaired) electrons. The lowest BCUT2D eigenvalue weighted by Gasteiger charge is -2.37. The van der Waals surface area contributed by atoms with E-state index in [0.717, 1.165) is 32.5 Å². The van der Waals surface area contributed by atoms with E-state index < -0.39 is 0 Å². The van der Waals surface area contributed by atoms with E-state index in [9.17, 15) is 9.59 Å². The van der Waals surface area contributed by atoms with Crippen LogP contribution in [-0.2, 0) is 9.59 Å². The van der Waals surface area contributed by atoms with Crippen LogP contribution in [0.1, 0.15) is 67.2 Å². The standard InChI is InChI=1S/C21H38N2O2/c1-14(2)16(5)10-20(24)22-12-18-8-7-9-23(19(18)13-22)21(25)11-17(6)15(3)4/h14-19H,7-13H2,1-6H3/t16-,17+,18+,19-/m1/s1. The van der Waals surface area contributed by atoms with Gasteiger partial charge in [0.25, 0.3) is 0 Å². The first-order valence-corrected chi connectivity index (χ1v) is 10.3. The third-order valence-corrected chi connectivity index (χ3v) is 6.72. The van der Waals surface area contributed by atoms with Gasteiger partial charge in [-0.05, 0) is 42.4 Å². The van der Waals surface area contributed by atoms with Crippen molar-refractivity contribution in [3.63, 3.8) is 0 Å². The fraction of sp³-hybridized carbons (Fsp3) is 0.905. The van der Waals surface area contributed by atoms with Crippen molar-refractivity contribution >= 4 is 11.8 Å². The van der Waals surface area contributed by atoms with Crippen molar-refractivity contribution in [3.8, 4) is 0 Å². The van der Waals surface area contributed by atoms with E-state index in [2.05, 4.69) is 46.4 Å². The van der Waals surface area contributed by atoms with Crippen LogP contribution in [0.25, 0.3) is 0 Å². The molecule has 0 spiro atoms. The maximum Gasteiger partial charge on any atom is 0.223 e. The van der Waals surface area contributed by atoms with Gasteiger partial charge in [-0.25, -0.2) is 0 Å². The molecule has 0 N–H and O–H groups in total. The maximum absolute atomic E-state index is 12.8. The van der Waals surface area contributed by atoms with Crippen molar-refractivity contribution in [2.75, 3.05) is 19.6 Å². The monoisotopic (exact) mass is 350 g/mol. The average Bonchev–Trinajstić information content (AvgIpc) is 2.98. The number of carbonyl (C=O) groups is 2. The second kappa shape index (κ2) is 8.55. The Morgan fingerprint density at radius 2 is 1.44 bits per heavy atom. The fourth-order valence-corrected chi connectivity index (χ4v) is 3.96. The molecule has 0 aliphatic carbocycles. The first-order chi connectivity index (χ1) is 11.7. The third-order valence-electron chi connectivity index (χ3n) is 6.72. The fourth-order valence-electron chi connectivity index (χ4n) is 3.96. The number of likely N-dealkylation sites (tertiary alicyclic amines) is 2. The number of fused-ring (bicyclic) bond motifs is 1. The molecule has 2 fully saturated rings. The van der Waals surface area contributed by atoms with E-state index in [1.807, 2.05) is 4.90 Å². The third kappa shape index (κ3) is 4.98. The Morgan fingerprint density at radius 1 is 0.880 bits per heavy atom. The highest BCUT2D eigenvalue weighted by molar-refractivity contribution is 5.79. The number of carbonyl (C=O) groups excluding carboxylic acids is 2. The average molecular weight is 351 g/mol. The van der Waals surface area contributed by atoms with Gasteiger partial charge in [-0.15, -0.1) is 0 Å². The summed E-state index contributed by atoms with van der Waals surface area (Å²) < 4.78 is 0. The molecule has 0 aromatic heterocycles. The van der Waals surface area contributed by atoms with Gasteiger partial charge >= 0.3 is 0 Å². The molecule has 2 heterocycles. The minimum atomic E-state index is 0.249. The molecule has 0 aromatic rings. The zero-order valence-corrected chi connectivity index (χ0v) is 17.1. The summed E-state index contributed by atoms with van der Waals surface area (Å²) in [6, 6.07) is 0.249. The number of nitrogens with zero attached hydrogens (tertiary/aromatic N) is 2. The molecule has 0 saturated carbocycles. The van der Waals surface area contributed by atoms with E-state index in [4.69, 9.17) is 0 Å². The van der Waals surface area contributed by atoms with Gasteiger partial charge in [0.05, 0.1) is 6.04 Å². The topological polar surface area (TPSA) is 40.6 Å². The zero-order chi connectivity index (χ0) is 18.7. The summed E-state index contributed by atoms with van der Waals surface area (Å²) in [7, 11) is 0. The van der Waals surface area contributed by atoms with Crippen LogP contribution < -0.4 is 0 Å². The largest absolute Gasteiger partial charge is 0.340 e. The van der Waals surface area contributed by atoms with Gasteiger partial charge in [-0.2, -0.15) is 0 Å². The quantitative estimate of drug-likeness (QED) is 0.731. The Morgan fingerprint density at radius 3 is 2.00 bits per heavy atom.